The van der Waals surface area contributed by atoms with Gasteiger partial charge < -0.3 is 10.6 Å². The Balaban J connectivity index is 1.81. The van der Waals surface area contributed by atoms with Crippen LogP contribution < -0.4 is 10.6 Å². The monoisotopic (exact) mass is 290 g/mol. The highest BCUT2D eigenvalue weighted by Gasteiger charge is 2.03. The first-order valence-corrected chi connectivity index (χ1v) is 7.20. The molecule has 0 spiro atoms. The number of nitrogens with zero attached hydrogens (tertiary/aromatic N) is 2. The maximum Gasteiger partial charge on any atom is 0.135 e. The number of rotatable bonds is 4. The van der Waals surface area contributed by atoms with Gasteiger partial charge >= 0.3 is 0 Å². The molecule has 0 aliphatic carbocycles. The maximum atomic E-state index is 4.28. The Morgan fingerprint density at radius 2 is 1.50 bits per heavy atom. The fraction of sp³-hybridized carbons (Fsp3) is 0.111. The highest BCUT2D eigenvalue weighted by atomic mass is 15.1. The number of anilines is 4. The van der Waals surface area contributed by atoms with Crippen LogP contribution in [-0.2, 0) is 0 Å². The molecule has 3 aromatic rings. The van der Waals surface area contributed by atoms with Crippen LogP contribution in [-0.4, -0.2) is 9.97 Å². The minimum absolute atomic E-state index is 0.758. The third-order valence-corrected chi connectivity index (χ3v) is 3.58. The van der Waals surface area contributed by atoms with Gasteiger partial charge in [0.05, 0.1) is 0 Å². The summed E-state index contributed by atoms with van der Waals surface area (Å²) in [6.07, 6.45) is 1.55. The van der Waals surface area contributed by atoms with Crippen LogP contribution in [0.1, 0.15) is 11.1 Å². The molecule has 0 amide bonds. The molecule has 0 atom stereocenters. The van der Waals surface area contributed by atoms with E-state index in [1.54, 1.807) is 6.33 Å². The molecule has 0 saturated heterocycles. The normalized spacial score (nSPS) is 10.3. The van der Waals surface area contributed by atoms with E-state index >= 15 is 0 Å². The molecule has 0 aliphatic heterocycles. The number of hydrogen-bond acceptors (Lipinski definition) is 4. The first-order chi connectivity index (χ1) is 10.7. The zero-order valence-electron chi connectivity index (χ0n) is 12.7. The van der Waals surface area contributed by atoms with Crippen LogP contribution in [0.4, 0.5) is 23.0 Å². The Morgan fingerprint density at radius 3 is 2.27 bits per heavy atom. The summed E-state index contributed by atoms with van der Waals surface area (Å²) in [7, 11) is 0. The van der Waals surface area contributed by atoms with Crippen molar-refractivity contribution in [3.05, 3.63) is 72.1 Å². The first-order valence-electron chi connectivity index (χ1n) is 7.20. The van der Waals surface area contributed by atoms with Crippen molar-refractivity contribution < 1.29 is 0 Å². The Morgan fingerprint density at radius 1 is 0.773 bits per heavy atom. The van der Waals surface area contributed by atoms with Gasteiger partial charge in [0.15, 0.2) is 0 Å². The molecule has 4 heteroatoms. The van der Waals surface area contributed by atoms with Crippen LogP contribution in [0.25, 0.3) is 0 Å². The van der Waals surface area contributed by atoms with Crippen molar-refractivity contribution in [3.8, 4) is 0 Å². The second kappa shape index (κ2) is 6.26. The molecular formula is C18H18N4. The summed E-state index contributed by atoms with van der Waals surface area (Å²) < 4.78 is 0. The molecule has 0 unspecified atom stereocenters. The smallest absolute Gasteiger partial charge is 0.135 e. The van der Waals surface area contributed by atoms with Gasteiger partial charge in [0.2, 0.25) is 0 Å². The third-order valence-electron chi connectivity index (χ3n) is 3.58. The first kappa shape index (κ1) is 14.1. The minimum atomic E-state index is 0.758. The SMILES string of the molecule is Cc1cccc(Nc2cc(Nc3ccccc3)ncn2)c1C. The fourth-order valence-electron chi connectivity index (χ4n) is 2.19. The van der Waals surface area contributed by atoms with Gasteiger partial charge in [0.1, 0.15) is 18.0 Å². The van der Waals surface area contributed by atoms with Gasteiger partial charge in [-0.3, -0.25) is 0 Å². The second-order valence-corrected chi connectivity index (χ2v) is 5.15. The number of hydrogen-bond donors (Lipinski definition) is 2. The Kier molecular flexibility index (Phi) is 4.01. The van der Waals surface area contributed by atoms with Crippen LogP contribution in [0.15, 0.2) is 60.9 Å². The number of para-hydroxylation sites is 1. The molecule has 4 nitrogen and oxygen atoms in total. The zero-order valence-corrected chi connectivity index (χ0v) is 12.7. The lowest BCUT2D eigenvalue weighted by Crippen LogP contribution is -2.00. The summed E-state index contributed by atoms with van der Waals surface area (Å²) in [5.74, 6) is 1.52. The van der Waals surface area contributed by atoms with E-state index in [1.807, 2.05) is 42.5 Å². The number of nitrogens with one attached hydrogen (secondary N) is 2. The number of aromatic nitrogens is 2. The van der Waals surface area contributed by atoms with Gasteiger partial charge in [0, 0.05) is 17.4 Å². The fourth-order valence-corrected chi connectivity index (χ4v) is 2.19. The molecule has 0 saturated carbocycles. The average Bonchev–Trinajstić information content (AvgIpc) is 2.53. The topological polar surface area (TPSA) is 49.8 Å². The van der Waals surface area contributed by atoms with Gasteiger partial charge in [0.25, 0.3) is 0 Å². The van der Waals surface area contributed by atoms with Crippen LogP contribution in [0.5, 0.6) is 0 Å². The van der Waals surface area contributed by atoms with E-state index in [4.69, 9.17) is 0 Å². The quantitative estimate of drug-likeness (QED) is 0.738. The molecule has 0 fully saturated rings. The zero-order chi connectivity index (χ0) is 15.4. The average molecular weight is 290 g/mol. The Bertz CT molecular complexity index is 769. The van der Waals surface area contributed by atoms with Gasteiger partial charge in [-0.05, 0) is 43.2 Å². The summed E-state index contributed by atoms with van der Waals surface area (Å²) in [5.41, 5.74) is 4.53. The van der Waals surface area contributed by atoms with E-state index in [2.05, 4.69) is 46.6 Å². The largest absolute Gasteiger partial charge is 0.340 e. The summed E-state index contributed by atoms with van der Waals surface area (Å²) in [4.78, 5) is 8.54. The molecule has 0 radical (unpaired) electrons. The Hall–Kier alpha value is -2.88. The van der Waals surface area contributed by atoms with E-state index in [9.17, 15) is 0 Å². The molecule has 110 valence electrons. The van der Waals surface area contributed by atoms with Crippen molar-refractivity contribution in [1.29, 1.82) is 0 Å². The lowest BCUT2D eigenvalue weighted by atomic mass is 10.1. The van der Waals surface area contributed by atoms with E-state index in [1.165, 1.54) is 11.1 Å². The number of aryl methyl sites for hydroxylation is 1. The van der Waals surface area contributed by atoms with Crippen molar-refractivity contribution in [1.82, 2.24) is 9.97 Å². The summed E-state index contributed by atoms with van der Waals surface area (Å²) in [6, 6.07) is 18.0. The molecule has 1 heterocycles. The van der Waals surface area contributed by atoms with E-state index < -0.39 is 0 Å². The molecule has 22 heavy (non-hydrogen) atoms. The van der Waals surface area contributed by atoms with E-state index in [0.717, 1.165) is 23.0 Å². The predicted molar refractivity (Wildman–Crippen MR) is 91.0 cm³/mol. The lowest BCUT2D eigenvalue weighted by Gasteiger charge is -2.12. The maximum absolute atomic E-state index is 4.28. The molecule has 2 N–H and O–H groups in total. The van der Waals surface area contributed by atoms with Crippen LogP contribution >= 0.6 is 0 Å². The summed E-state index contributed by atoms with van der Waals surface area (Å²) in [5, 5.41) is 6.61. The molecule has 0 aliphatic rings. The van der Waals surface area contributed by atoms with Gasteiger partial charge in [-0.1, -0.05) is 30.3 Å². The predicted octanol–water partition coefficient (Wildman–Crippen LogP) is 4.58. The molecule has 3 rings (SSSR count). The van der Waals surface area contributed by atoms with Gasteiger partial charge in [-0.15, -0.1) is 0 Å². The van der Waals surface area contributed by atoms with Crippen LogP contribution in [0, 0.1) is 13.8 Å². The third kappa shape index (κ3) is 3.23. The highest BCUT2D eigenvalue weighted by molar-refractivity contribution is 5.65. The van der Waals surface area contributed by atoms with E-state index in [-0.39, 0.29) is 0 Å². The second-order valence-electron chi connectivity index (χ2n) is 5.15. The molecule has 0 bridgehead atoms. The van der Waals surface area contributed by atoms with Gasteiger partial charge in [-0.2, -0.15) is 0 Å². The molecular weight excluding hydrogens is 272 g/mol. The van der Waals surface area contributed by atoms with Crippen LogP contribution in [0.3, 0.4) is 0 Å². The minimum Gasteiger partial charge on any atom is -0.340 e. The molecule has 1 aromatic heterocycles. The van der Waals surface area contributed by atoms with Crippen molar-refractivity contribution in [2.24, 2.45) is 0 Å². The standard InChI is InChI=1S/C18H18N4/c1-13-7-6-10-16(14(13)2)22-18-11-17(19-12-20-18)21-15-8-4-3-5-9-15/h3-12H,1-2H3,(H2,19,20,21,22). The van der Waals surface area contributed by atoms with E-state index in [0.29, 0.717) is 0 Å². The molecule has 2 aromatic carbocycles. The summed E-state index contributed by atoms with van der Waals surface area (Å²) in [6.45, 7) is 4.20. The lowest BCUT2D eigenvalue weighted by molar-refractivity contribution is 1.16. The van der Waals surface area contributed by atoms with Crippen LogP contribution in [0.2, 0.25) is 0 Å². The number of benzene rings is 2. The van der Waals surface area contributed by atoms with Crippen molar-refractivity contribution in [3.63, 3.8) is 0 Å². The highest BCUT2D eigenvalue weighted by Crippen LogP contribution is 2.23. The van der Waals surface area contributed by atoms with Gasteiger partial charge in [-0.25, -0.2) is 9.97 Å². The van der Waals surface area contributed by atoms with Crippen molar-refractivity contribution >= 4 is 23.0 Å². The Labute approximate surface area is 130 Å². The van der Waals surface area contributed by atoms with Crippen molar-refractivity contribution in [2.75, 3.05) is 10.6 Å². The van der Waals surface area contributed by atoms with Crippen molar-refractivity contribution in [2.45, 2.75) is 13.8 Å². The summed E-state index contributed by atoms with van der Waals surface area (Å²) >= 11 is 0.